The van der Waals surface area contributed by atoms with Crippen molar-refractivity contribution in [1.29, 1.82) is 0 Å². The van der Waals surface area contributed by atoms with Crippen molar-refractivity contribution in [3.05, 3.63) is 29.8 Å². The second kappa shape index (κ2) is 4.01. The SMILES string of the molecule is O=C1OCCN1CC1CSc2ccccc21. The Morgan fingerprint density at radius 2 is 2.31 bits per heavy atom. The maximum Gasteiger partial charge on any atom is 0.409 e. The van der Waals surface area contributed by atoms with Gasteiger partial charge in [-0.05, 0) is 11.6 Å². The Labute approximate surface area is 98.8 Å². The Bertz CT molecular complexity index is 421. The number of hydrogen-bond donors (Lipinski definition) is 0. The molecule has 2 aliphatic rings. The Balaban J connectivity index is 1.75. The summed E-state index contributed by atoms with van der Waals surface area (Å²) in [4.78, 5) is 14.5. The van der Waals surface area contributed by atoms with Crippen LogP contribution in [-0.4, -0.2) is 36.4 Å². The van der Waals surface area contributed by atoms with Crippen molar-refractivity contribution in [1.82, 2.24) is 4.90 Å². The van der Waals surface area contributed by atoms with Crippen molar-refractivity contribution in [2.24, 2.45) is 0 Å². The number of cyclic esters (lactones) is 1. The van der Waals surface area contributed by atoms with E-state index in [1.54, 1.807) is 0 Å². The molecule has 1 atom stereocenters. The zero-order valence-corrected chi connectivity index (χ0v) is 9.70. The number of thioether (sulfide) groups is 1. The molecular weight excluding hydrogens is 222 g/mol. The molecule has 0 aromatic heterocycles. The highest BCUT2D eigenvalue weighted by atomic mass is 32.2. The highest BCUT2D eigenvalue weighted by Gasteiger charge is 2.29. The van der Waals surface area contributed by atoms with Gasteiger partial charge in [0, 0.05) is 23.1 Å². The maximum absolute atomic E-state index is 11.4. The van der Waals surface area contributed by atoms with Gasteiger partial charge in [-0.3, -0.25) is 0 Å². The van der Waals surface area contributed by atoms with E-state index in [0.29, 0.717) is 12.5 Å². The van der Waals surface area contributed by atoms with Gasteiger partial charge in [-0.2, -0.15) is 0 Å². The zero-order chi connectivity index (χ0) is 11.0. The minimum absolute atomic E-state index is 0.158. The van der Waals surface area contributed by atoms with Gasteiger partial charge in [0.15, 0.2) is 0 Å². The Hall–Kier alpha value is -1.16. The molecule has 3 rings (SSSR count). The number of hydrogen-bond acceptors (Lipinski definition) is 3. The average Bonchev–Trinajstić information content (AvgIpc) is 2.88. The number of benzene rings is 1. The molecule has 4 heteroatoms. The minimum Gasteiger partial charge on any atom is -0.448 e. The Kier molecular flexibility index (Phi) is 2.52. The fourth-order valence-electron chi connectivity index (χ4n) is 2.24. The van der Waals surface area contributed by atoms with E-state index in [2.05, 4.69) is 24.3 Å². The molecule has 0 spiro atoms. The van der Waals surface area contributed by atoms with Crippen LogP contribution in [0.25, 0.3) is 0 Å². The topological polar surface area (TPSA) is 29.5 Å². The van der Waals surface area contributed by atoms with Crippen LogP contribution in [0.4, 0.5) is 4.79 Å². The van der Waals surface area contributed by atoms with Crippen molar-refractivity contribution in [3.63, 3.8) is 0 Å². The lowest BCUT2D eigenvalue weighted by Gasteiger charge is -2.17. The lowest BCUT2D eigenvalue weighted by molar-refractivity contribution is 0.157. The van der Waals surface area contributed by atoms with E-state index in [9.17, 15) is 4.79 Å². The molecule has 1 unspecified atom stereocenters. The van der Waals surface area contributed by atoms with Crippen LogP contribution in [-0.2, 0) is 4.74 Å². The molecule has 1 fully saturated rings. The first-order chi connectivity index (χ1) is 7.84. The lowest BCUT2D eigenvalue weighted by Crippen LogP contribution is -2.29. The number of amides is 1. The summed E-state index contributed by atoms with van der Waals surface area (Å²) in [6.07, 6.45) is -0.158. The standard InChI is InChI=1S/C12H13NO2S/c14-12-13(5-6-15-12)7-9-8-16-11-4-2-1-3-10(9)11/h1-4,9H,5-8H2. The molecule has 3 nitrogen and oxygen atoms in total. The van der Waals surface area contributed by atoms with Crippen molar-refractivity contribution >= 4 is 17.9 Å². The second-order valence-electron chi connectivity index (χ2n) is 4.11. The fraction of sp³-hybridized carbons (Fsp3) is 0.417. The van der Waals surface area contributed by atoms with Crippen LogP contribution < -0.4 is 0 Å². The molecule has 2 heterocycles. The predicted octanol–water partition coefficient (Wildman–Crippen LogP) is 2.33. The molecule has 0 N–H and O–H groups in total. The minimum atomic E-state index is -0.158. The van der Waals surface area contributed by atoms with Crippen LogP contribution >= 0.6 is 11.8 Å². The molecule has 1 amide bonds. The van der Waals surface area contributed by atoms with Crippen LogP contribution in [0.5, 0.6) is 0 Å². The third kappa shape index (κ3) is 1.67. The van der Waals surface area contributed by atoms with Gasteiger partial charge in [-0.25, -0.2) is 4.79 Å². The molecule has 0 aliphatic carbocycles. The first-order valence-electron chi connectivity index (χ1n) is 5.48. The average molecular weight is 235 g/mol. The highest BCUT2D eigenvalue weighted by Crippen LogP contribution is 2.39. The van der Waals surface area contributed by atoms with Gasteiger partial charge in [-0.1, -0.05) is 18.2 Å². The van der Waals surface area contributed by atoms with Gasteiger partial charge >= 0.3 is 6.09 Å². The van der Waals surface area contributed by atoms with E-state index >= 15 is 0 Å². The molecule has 0 bridgehead atoms. The normalized spacial score (nSPS) is 23.4. The molecule has 1 aromatic carbocycles. The van der Waals surface area contributed by atoms with Crippen LogP contribution in [0.1, 0.15) is 11.5 Å². The molecule has 1 saturated heterocycles. The molecule has 0 radical (unpaired) electrons. The Morgan fingerprint density at radius 1 is 1.44 bits per heavy atom. The van der Waals surface area contributed by atoms with Crippen molar-refractivity contribution in [2.75, 3.05) is 25.4 Å². The maximum atomic E-state index is 11.4. The van der Waals surface area contributed by atoms with Crippen LogP contribution in [0.3, 0.4) is 0 Å². The monoisotopic (exact) mass is 235 g/mol. The quantitative estimate of drug-likeness (QED) is 0.788. The molecule has 16 heavy (non-hydrogen) atoms. The number of fused-ring (bicyclic) bond motifs is 1. The van der Waals surface area contributed by atoms with Crippen LogP contribution in [0.15, 0.2) is 29.2 Å². The van der Waals surface area contributed by atoms with E-state index < -0.39 is 0 Å². The number of ether oxygens (including phenoxy) is 1. The Morgan fingerprint density at radius 3 is 3.12 bits per heavy atom. The van der Waals surface area contributed by atoms with E-state index in [1.165, 1.54) is 10.5 Å². The summed E-state index contributed by atoms with van der Waals surface area (Å²) in [7, 11) is 0. The van der Waals surface area contributed by atoms with E-state index in [4.69, 9.17) is 4.74 Å². The van der Waals surface area contributed by atoms with Crippen molar-refractivity contribution in [2.45, 2.75) is 10.8 Å². The first-order valence-corrected chi connectivity index (χ1v) is 6.46. The van der Waals surface area contributed by atoms with Gasteiger partial charge < -0.3 is 9.64 Å². The molecule has 1 aromatic rings. The van der Waals surface area contributed by atoms with E-state index in [-0.39, 0.29) is 6.09 Å². The lowest BCUT2D eigenvalue weighted by atomic mass is 10.0. The zero-order valence-electron chi connectivity index (χ0n) is 8.89. The third-order valence-electron chi connectivity index (χ3n) is 3.08. The van der Waals surface area contributed by atoms with Gasteiger partial charge in [0.1, 0.15) is 6.61 Å². The summed E-state index contributed by atoms with van der Waals surface area (Å²) in [5, 5.41) is 0. The number of nitrogens with zero attached hydrogens (tertiary/aromatic N) is 1. The summed E-state index contributed by atoms with van der Waals surface area (Å²) in [6, 6.07) is 8.46. The molecule has 2 aliphatic heterocycles. The fourth-order valence-corrected chi connectivity index (χ4v) is 3.48. The summed E-state index contributed by atoms with van der Waals surface area (Å²) >= 11 is 1.88. The van der Waals surface area contributed by atoms with Gasteiger partial charge in [0.05, 0.1) is 6.54 Å². The largest absolute Gasteiger partial charge is 0.448 e. The molecule has 84 valence electrons. The molecule has 0 saturated carbocycles. The highest BCUT2D eigenvalue weighted by molar-refractivity contribution is 7.99. The van der Waals surface area contributed by atoms with Gasteiger partial charge in [0.25, 0.3) is 0 Å². The van der Waals surface area contributed by atoms with Crippen molar-refractivity contribution < 1.29 is 9.53 Å². The number of carbonyl (C=O) groups excluding carboxylic acids is 1. The summed E-state index contributed by atoms with van der Waals surface area (Å²) in [5.41, 5.74) is 1.38. The van der Waals surface area contributed by atoms with E-state index in [1.807, 2.05) is 16.7 Å². The number of rotatable bonds is 2. The summed E-state index contributed by atoms with van der Waals surface area (Å²) in [5.74, 6) is 1.54. The summed E-state index contributed by atoms with van der Waals surface area (Å²) < 4.78 is 4.94. The van der Waals surface area contributed by atoms with Crippen molar-refractivity contribution in [3.8, 4) is 0 Å². The van der Waals surface area contributed by atoms with Crippen LogP contribution in [0.2, 0.25) is 0 Å². The van der Waals surface area contributed by atoms with E-state index in [0.717, 1.165) is 18.8 Å². The molecular formula is C12H13NO2S. The second-order valence-corrected chi connectivity index (χ2v) is 5.17. The van der Waals surface area contributed by atoms with Gasteiger partial charge in [0.2, 0.25) is 0 Å². The summed E-state index contributed by atoms with van der Waals surface area (Å²) in [6.45, 7) is 2.07. The predicted molar refractivity (Wildman–Crippen MR) is 62.8 cm³/mol. The number of carbonyl (C=O) groups is 1. The first kappa shape index (κ1) is 10.0. The third-order valence-corrected chi connectivity index (χ3v) is 4.34. The van der Waals surface area contributed by atoms with Crippen LogP contribution in [0, 0.1) is 0 Å². The smallest absolute Gasteiger partial charge is 0.409 e. The van der Waals surface area contributed by atoms with Gasteiger partial charge in [-0.15, -0.1) is 11.8 Å².